The summed E-state index contributed by atoms with van der Waals surface area (Å²) in [5.74, 6) is -0.291. The number of amides is 2. The van der Waals surface area contributed by atoms with Crippen molar-refractivity contribution in [1.29, 1.82) is 0 Å². The second-order valence-corrected chi connectivity index (χ2v) is 9.73. The van der Waals surface area contributed by atoms with Gasteiger partial charge in [0.15, 0.2) is 0 Å². The highest BCUT2D eigenvalue weighted by atomic mass is 35.5. The van der Waals surface area contributed by atoms with Crippen molar-refractivity contribution in [2.45, 2.75) is 26.2 Å². The van der Waals surface area contributed by atoms with Gasteiger partial charge >= 0.3 is 0 Å². The number of hydrogen-bond acceptors (Lipinski definition) is 4. The van der Waals surface area contributed by atoms with Gasteiger partial charge in [-0.1, -0.05) is 36.2 Å². The second-order valence-electron chi connectivity index (χ2n) is 6.76. The predicted octanol–water partition coefficient (Wildman–Crippen LogP) is 5.75. The minimum atomic E-state index is -0.508. The molecule has 1 aromatic carbocycles. The number of anilines is 1. The quantitative estimate of drug-likeness (QED) is 0.546. The molecular weight excluding hydrogens is 423 g/mol. The molecule has 0 saturated carbocycles. The molecule has 0 saturated heterocycles. The summed E-state index contributed by atoms with van der Waals surface area (Å²) in [5.41, 5.74) is 7.04. The van der Waals surface area contributed by atoms with Gasteiger partial charge in [0.2, 0.25) is 0 Å². The van der Waals surface area contributed by atoms with Gasteiger partial charge in [-0.3, -0.25) is 9.59 Å². The molecule has 1 atom stereocenters. The number of benzene rings is 1. The molecule has 27 heavy (non-hydrogen) atoms. The van der Waals surface area contributed by atoms with Crippen LogP contribution < -0.4 is 11.1 Å². The number of carbonyl (C=O) groups is 2. The maximum absolute atomic E-state index is 12.9. The lowest BCUT2D eigenvalue weighted by Crippen LogP contribution is -2.19. The van der Waals surface area contributed by atoms with Gasteiger partial charge in [0.25, 0.3) is 11.8 Å². The highest BCUT2D eigenvalue weighted by Crippen LogP contribution is 2.41. The van der Waals surface area contributed by atoms with Crippen LogP contribution in [0.15, 0.2) is 18.2 Å². The van der Waals surface area contributed by atoms with Crippen molar-refractivity contribution in [1.82, 2.24) is 0 Å². The Hall–Kier alpha value is -1.60. The van der Waals surface area contributed by atoms with Crippen molar-refractivity contribution in [2.24, 2.45) is 11.7 Å². The van der Waals surface area contributed by atoms with Crippen molar-refractivity contribution in [3.8, 4) is 0 Å². The van der Waals surface area contributed by atoms with Gasteiger partial charge in [-0.2, -0.15) is 0 Å². The molecule has 0 bridgehead atoms. The first-order valence-electron chi connectivity index (χ1n) is 8.48. The van der Waals surface area contributed by atoms with Crippen LogP contribution in [-0.4, -0.2) is 11.8 Å². The summed E-state index contributed by atoms with van der Waals surface area (Å²) < 4.78 is 0.840. The summed E-state index contributed by atoms with van der Waals surface area (Å²) in [4.78, 5) is 26.4. The van der Waals surface area contributed by atoms with Crippen LogP contribution in [0.1, 0.15) is 43.8 Å². The number of primary amides is 1. The zero-order valence-electron chi connectivity index (χ0n) is 14.4. The summed E-state index contributed by atoms with van der Waals surface area (Å²) in [6.07, 6.45) is 2.72. The highest BCUT2D eigenvalue weighted by molar-refractivity contribution is 7.22. The smallest absolute Gasteiger partial charge is 0.267 e. The molecule has 4 nitrogen and oxygen atoms in total. The first-order chi connectivity index (χ1) is 12.8. The molecule has 2 amide bonds. The molecule has 0 fully saturated rings. The normalized spacial score (nSPS) is 16.3. The Bertz CT molecular complexity index is 1090. The fraction of sp³-hybridized carbons (Fsp3) is 0.263. The molecule has 3 aromatic rings. The molecule has 1 aliphatic carbocycles. The Kier molecular flexibility index (Phi) is 4.93. The van der Waals surface area contributed by atoms with Crippen molar-refractivity contribution in [2.75, 3.05) is 5.32 Å². The minimum absolute atomic E-state index is 0.341. The van der Waals surface area contributed by atoms with E-state index in [0.717, 1.165) is 39.8 Å². The number of nitrogens with one attached hydrogen (secondary N) is 1. The third-order valence-corrected chi connectivity index (χ3v) is 7.84. The van der Waals surface area contributed by atoms with E-state index >= 15 is 0 Å². The number of fused-ring (bicyclic) bond motifs is 2. The first-order valence-corrected chi connectivity index (χ1v) is 10.9. The maximum atomic E-state index is 12.9. The number of nitrogens with two attached hydrogens (primary N) is 1. The fourth-order valence-corrected chi connectivity index (χ4v) is 6.54. The summed E-state index contributed by atoms with van der Waals surface area (Å²) in [6.45, 7) is 2.19. The average Bonchev–Trinajstić information content (AvgIpc) is 3.11. The number of rotatable bonds is 3. The van der Waals surface area contributed by atoms with Crippen LogP contribution in [0.4, 0.5) is 5.00 Å². The van der Waals surface area contributed by atoms with E-state index in [1.807, 2.05) is 0 Å². The van der Waals surface area contributed by atoms with Gasteiger partial charge in [-0.25, -0.2) is 0 Å². The van der Waals surface area contributed by atoms with Crippen LogP contribution in [0.3, 0.4) is 0 Å². The first kappa shape index (κ1) is 18.7. The van der Waals surface area contributed by atoms with E-state index in [9.17, 15) is 9.59 Å². The second kappa shape index (κ2) is 7.09. The molecule has 8 heteroatoms. The molecule has 1 aliphatic rings. The number of halogens is 2. The SMILES string of the molecule is CC1CCc2c(sc(NC(=O)c3sc4cc(Cl)ccc4c3Cl)c2C(N)=O)C1. The van der Waals surface area contributed by atoms with Crippen molar-refractivity contribution >= 4 is 72.8 Å². The summed E-state index contributed by atoms with van der Waals surface area (Å²) in [6, 6.07) is 5.32. The van der Waals surface area contributed by atoms with E-state index in [4.69, 9.17) is 28.9 Å². The van der Waals surface area contributed by atoms with Gasteiger partial charge < -0.3 is 11.1 Å². The van der Waals surface area contributed by atoms with E-state index < -0.39 is 5.91 Å². The van der Waals surface area contributed by atoms with Crippen molar-refractivity contribution in [3.05, 3.63) is 49.1 Å². The highest BCUT2D eigenvalue weighted by Gasteiger charge is 2.28. The molecule has 140 valence electrons. The van der Waals surface area contributed by atoms with Crippen LogP contribution in [0, 0.1) is 5.92 Å². The monoisotopic (exact) mass is 438 g/mol. The molecule has 0 spiro atoms. The van der Waals surface area contributed by atoms with Crippen molar-refractivity contribution < 1.29 is 9.59 Å². The van der Waals surface area contributed by atoms with Crippen LogP contribution in [0.5, 0.6) is 0 Å². The molecular formula is C19H16Cl2N2O2S2. The van der Waals surface area contributed by atoms with Crippen LogP contribution in [0.25, 0.3) is 10.1 Å². The standard InChI is InChI=1S/C19H16Cl2N2O2S2/c1-8-2-4-10-12(6-8)27-19(14(10)17(22)24)23-18(25)16-15(21)11-5-3-9(20)7-13(11)26-16/h3,5,7-8H,2,4,6H2,1H3,(H2,22,24)(H,23,25). The molecule has 3 N–H and O–H groups in total. The molecule has 2 heterocycles. The Labute approximate surface area is 174 Å². The number of hydrogen-bond donors (Lipinski definition) is 2. The third kappa shape index (κ3) is 3.36. The molecule has 0 aliphatic heterocycles. The number of thiophene rings is 2. The summed E-state index contributed by atoms with van der Waals surface area (Å²) >= 11 is 15.2. The van der Waals surface area contributed by atoms with E-state index in [-0.39, 0.29) is 5.91 Å². The van der Waals surface area contributed by atoms with Crippen LogP contribution >= 0.6 is 45.9 Å². The van der Waals surface area contributed by atoms with Crippen LogP contribution in [0.2, 0.25) is 10.0 Å². The predicted molar refractivity (Wildman–Crippen MR) is 114 cm³/mol. The molecule has 1 unspecified atom stereocenters. The molecule has 0 radical (unpaired) electrons. The minimum Gasteiger partial charge on any atom is -0.365 e. The van der Waals surface area contributed by atoms with Gasteiger partial charge in [-0.05, 0) is 42.9 Å². The summed E-state index contributed by atoms with van der Waals surface area (Å²) in [7, 11) is 0. The van der Waals surface area contributed by atoms with Gasteiger partial charge in [0.05, 0.1) is 10.6 Å². The Morgan fingerprint density at radius 2 is 2.04 bits per heavy atom. The summed E-state index contributed by atoms with van der Waals surface area (Å²) in [5, 5.41) is 5.14. The average molecular weight is 439 g/mol. The van der Waals surface area contributed by atoms with Crippen LogP contribution in [-0.2, 0) is 12.8 Å². The van der Waals surface area contributed by atoms with Gasteiger partial charge in [-0.15, -0.1) is 22.7 Å². The van der Waals surface area contributed by atoms with E-state index in [1.165, 1.54) is 22.7 Å². The van der Waals surface area contributed by atoms with Gasteiger partial charge in [0, 0.05) is 20.0 Å². The molecule has 4 rings (SSSR count). The topological polar surface area (TPSA) is 72.2 Å². The molecule has 2 aromatic heterocycles. The van der Waals surface area contributed by atoms with E-state index in [0.29, 0.717) is 31.4 Å². The van der Waals surface area contributed by atoms with Crippen molar-refractivity contribution in [3.63, 3.8) is 0 Å². The van der Waals surface area contributed by atoms with Gasteiger partial charge in [0.1, 0.15) is 9.88 Å². The third-order valence-electron chi connectivity index (χ3n) is 4.78. The van der Waals surface area contributed by atoms with E-state index in [2.05, 4.69) is 12.2 Å². The zero-order valence-corrected chi connectivity index (χ0v) is 17.5. The Morgan fingerprint density at radius 1 is 1.26 bits per heavy atom. The Balaban J connectivity index is 1.71. The fourth-order valence-electron chi connectivity index (χ4n) is 3.44. The largest absolute Gasteiger partial charge is 0.365 e. The lowest BCUT2D eigenvalue weighted by Gasteiger charge is -2.18. The maximum Gasteiger partial charge on any atom is 0.267 e. The Morgan fingerprint density at radius 3 is 2.78 bits per heavy atom. The lowest BCUT2D eigenvalue weighted by molar-refractivity contribution is 0.1000. The zero-order chi connectivity index (χ0) is 19.3. The number of carbonyl (C=O) groups excluding carboxylic acids is 2. The lowest BCUT2D eigenvalue weighted by atomic mass is 9.88. The van der Waals surface area contributed by atoms with E-state index in [1.54, 1.807) is 18.2 Å².